The molecule has 0 radical (unpaired) electrons. The van der Waals surface area contributed by atoms with Crippen LogP contribution in [-0.4, -0.2) is 98.0 Å². The highest BCUT2D eigenvalue weighted by molar-refractivity contribution is 6.88. The van der Waals surface area contributed by atoms with Crippen LogP contribution in [0.5, 0.6) is 11.5 Å². The maximum Gasteiger partial charge on any atom is 0.226 e. The Balaban J connectivity index is 1.57. The van der Waals surface area contributed by atoms with Crippen molar-refractivity contribution in [2.45, 2.75) is 91.0 Å². The number of benzene rings is 3. The first-order chi connectivity index (χ1) is 31.4. The SMILES string of the molecule is Cc1nc(-c2ccc([Si](C)(C)C)cc2)nc(C)c1C(=O)C[C@@H](CCN)C(=O)N(C)[C@@H]1C(=O)C[C@@H](C)C(=O)N[C@H](C(=O)CCC#N)Cc2ccc(OCCN)c(c2)-c2cc1ccc2OCCN. The second-order valence-electron chi connectivity index (χ2n) is 18.0. The fraction of sp³-hybridized carbons (Fsp3) is 0.440. The highest BCUT2D eigenvalue weighted by atomic mass is 28.3. The molecule has 15 nitrogen and oxygen atoms in total. The van der Waals surface area contributed by atoms with Gasteiger partial charge in [0.2, 0.25) is 11.8 Å². The van der Waals surface area contributed by atoms with Crippen LogP contribution in [0.15, 0.2) is 60.7 Å². The molecule has 16 heteroatoms. The van der Waals surface area contributed by atoms with Gasteiger partial charge < -0.3 is 36.9 Å². The van der Waals surface area contributed by atoms with E-state index >= 15 is 0 Å². The average molecular weight is 917 g/mol. The number of carbonyl (C=O) groups excluding carboxylic acids is 5. The molecule has 0 unspecified atom stereocenters. The molecule has 1 aromatic heterocycles. The van der Waals surface area contributed by atoms with Crippen molar-refractivity contribution in [2.75, 3.05) is 39.9 Å². The van der Waals surface area contributed by atoms with Crippen molar-refractivity contribution in [3.63, 3.8) is 0 Å². The van der Waals surface area contributed by atoms with E-state index < -0.39 is 49.6 Å². The lowest BCUT2D eigenvalue weighted by Crippen LogP contribution is -2.46. The molecule has 0 aliphatic carbocycles. The lowest BCUT2D eigenvalue weighted by Gasteiger charge is -2.32. The summed E-state index contributed by atoms with van der Waals surface area (Å²) >= 11 is 0. The number of amides is 2. The molecule has 1 aliphatic rings. The molecule has 5 rings (SSSR count). The zero-order valence-electron chi connectivity index (χ0n) is 39.2. The number of fused-ring (bicyclic) bond motifs is 5. The molecule has 0 saturated heterocycles. The predicted octanol–water partition coefficient (Wildman–Crippen LogP) is 4.89. The summed E-state index contributed by atoms with van der Waals surface area (Å²) in [6, 6.07) is 18.5. The molecule has 0 fully saturated rings. The average Bonchev–Trinajstić information content (AvgIpc) is 3.28. The van der Waals surface area contributed by atoms with Crippen molar-refractivity contribution >= 4 is 42.4 Å². The van der Waals surface area contributed by atoms with Crippen LogP contribution in [-0.2, 0) is 25.6 Å². The van der Waals surface area contributed by atoms with E-state index in [1.165, 1.54) is 17.1 Å². The Morgan fingerprint density at radius 3 is 2.06 bits per heavy atom. The number of nitrogens with two attached hydrogens (primary N) is 3. The summed E-state index contributed by atoms with van der Waals surface area (Å²) in [5.74, 6) is -2.65. The first-order valence-corrected chi connectivity index (χ1v) is 26.0. The number of likely N-dealkylation sites (N-methyl/N-ethyl adjacent to an activating group) is 1. The standard InChI is InChI=1S/C50H64N8O7Si/c1-30-25-43(61)47(58(4)50(63)36(18-20-52)29-42(60)46-31(2)55-48(56-32(46)3)34-11-14-37(15-12-34)66(5,6)7)35-13-17-45(65-24-22-54)39(28-35)38-26-33(10-16-44(38)64-23-21-53)27-40(57-49(30)62)41(59)9-8-19-51/h10-17,26,28,30,36,40,47H,8-9,18,20-25,27,29,52-54H2,1-7H3,(H,57,62)/t30-,36-,40+,47+/m1/s1. The molecule has 1 aliphatic heterocycles. The molecule has 3 aromatic carbocycles. The molecule has 4 bridgehead atoms. The fourth-order valence-corrected chi connectivity index (χ4v) is 9.50. The van der Waals surface area contributed by atoms with Gasteiger partial charge in [-0.05, 0) is 68.6 Å². The molecule has 0 spiro atoms. The maximum absolute atomic E-state index is 14.8. The highest BCUT2D eigenvalue weighted by Gasteiger charge is 2.36. The Morgan fingerprint density at radius 2 is 1.48 bits per heavy atom. The van der Waals surface area contributed by atoms with Crippen molar-refractivity contribution in [3.05, 3.63) is 88.7 Å². The predicted molar refractivity (Wildman–Crippen MR) is 257 cm³/mol. The van der Waals surface area contributed by atoms with Crippen LogP contribution in [0.1, 0.15) is 77.9 Å². The Labute approximate surface area is 388 Å². The Kier molecular flexibility index (Phi) is 17.6. The molecular formula is C50H64N8O7Si. The number of rotatable bonds is 18. The van der Waals surface area contributed by atoms with Crippen LogP contribution in [0, 0.1) is 37.0 Å². The van der Waals surface area contributed by atoms with Gasteiger partial charge in [0.1, 0.15) is 30.8 Å². The van der Waals surface area contributed by atoms with Gasteiger partial charge in [-0.1, -0.05) is 68.1 Å². The van der Waals surface area contributed by atoms with Gasteiger partial charge in [0.25, 0.3) is 0 Å². The van der Waals surface area contributed by atoms with Gasteiger partial charge in [-0.2, -0.15) is 5.26 Å². The van der Waals surface area contributed by atoms with E-state index in [1.807, 2.05) is 24.3 Å². The number of hydrogen-bond acceptors (Lipinski definition) is 13. The van der Waals surface area contributed by atoms with Gasteiger partial charge in [0.15, 0.2) is 23.2 Å². The van der Waals surface area contributed by atoms with Crippen LogP contribution >= 0.6 is 0 Å². The number of Topliss-reactive ketones (excluding diaryl/α,β-unsaturated/α-hetero) is 3. The van der Waals surface area contributed by atoms with E-state index in [-0.39, 0.29) is 82.9 Å². The van der Waals surface area contributed by atoms with Crippen LogP contribution in [0.4, 0.5) is 0 Å². The van der Waals surface area contributed by atoms with Gasteiger partial charge in [0, 0.05) is 74.3 Å². The van der Waals surface area contributed by atoms with Gasteiger partial charge in [-0.25, -0.2) is 9.97 Å². The number of nitriles is 1. The second-order valence-corrected chi connectivity index (χ2v) is 23.1. The van der Waals surface area contributed by atoms with Crippen molar-refractivity contribution in [1.82, 2.24) is 20.2 Å². The number of hydrogen-bond donors (Lipinski definition) is 4. The maximum atomic E-state index is 14.8. The minimum Gasteiger partial charge on any atom is -0.492 e. The van der Waals surface area contributed by atoms with Crippen LogP contribution in [0.3, 0.4) is 0 Å². The van der Waals surface area contributed by atoms with Gasteiger partial charge in [0.05, 0.1) is 37.1 Å². The first-order valence-electron chi connectivity index (χ1n) is 22.5. The molecule has 7 N–H and O–H groups in total. The molecule has 2 amide bonds. The smallest absolute Gasteiger partial charge is 0.226 e. The van der Waals surface area contributed by atoms with Crippen molar-refractivity contribution in [3.8, 4) is 40.1 Å². The summed E-state index contributed by atoms with van der Waals surface area (Å²) in [7, 11) is -0.0166. The summed E-state index contributed by atoms with van der Waals surface area (Å²) in [5.41, 5.74) is 22.1. The summed E-state index contributed by atoms with van der Waals surface area (Å²) in [6.07, 6.45) is -0.387. The molecule has 4 aromatic rings. The van der Waals surface area contributed by atoms with Crippen LogP contribution < -0.4 is 37.2 Å². The van der Waals surface area contributed by atoms with E-state index in [0.717, 1.165) is 5.56 Å². The summed E-state index contributed by atoms with van der Waals surface area (Å²) < 4.78 is 12.3. The second kappa shape index (κ2) is 22.9. The van der Waals surface area contributed by atoms with Gasteiger partial charge in [-0.15, -0.1) is 0 Å². The number of nitrogens with zero attached hydrogens (tertiary/aromatic N) is 4. The Hall–Kier alpha value is -6.12. The minimum absolute atomic E-state index is 0.0308. The topological polar surface area (TPSA) is 247 Å². The van der Waals surface area contributed by atoms with E-state index in [0.29, 0.717) is 56.5 Å². The molecule has 0 saturated carbocycles. The number of ether oxygens (including phenoxy) is 2. The number of ketones is 3. The molecular weight excluding hydrogens is 853 g/mol. The van der Waals surface area contributed by atoms with E-state index in [4.69, 9.17) is 36.6 Å². The number of aryl methyl sites for hydroxylation is 2. The third-order valence-corrected chi connectivity index (χ3v) is 13.9. The van der Waals surface area contributed by atoms with E-state index in [9.17, 15) is 29.2 Å². The van der Waals surface area contributed by atoms with Crippen molar-refractivity contribution in [2.24, 2.45) is 29.0 Å². The van der Waals surface area contributed by atoms with E-state index in [1.54, 1.807) is 51.1 Å². The van der Waals surface area contributed by atoms with Gasteiger partial charge >= 0.3 is 0 Å². The fourth-order valence-electron chi connectivity index (χ4n) is 8.34. The third kappa shape index (κ3) is 12.4. The molecule has 2 heterocycles. The number of carbonyl (C=O) groups is 5. The van der Waals surface area contributed by atoms with Crippen LogP contribution in [0.25, 0.3) is 22.5 Å². The largest absolute Gasteiger partial charge is 0.492 e. The molecule has 350 valence electrons. The highest BCUT2D eigenvalue weighted by Crippen LogP contribution is 2.41. The van der Waals surface area contributed by atoms with Crippen molar-refractivity contribution in [1.29, 1.82) is 5.26 Å². The van der Waals surface area contributed by atoms with Crippen molar-refractivity contribution < 1.29 is 33.4 Å². The summed E-state index contributed by atoms with van der Waals surface area (Å²) in [5, 5.41) is 13.4. The Morgan fingerprint density at radius 1 is 0.879 bits per heavy atom. The zero-order chi connectivity index (χ0) is 48.3. The third-order valence-electron chi connectivity index (χ3n) is 11.9. The quantitative estimate of drug-likeness (QED) is 0.0768. The van der Waals surface area contributed by atoms with E-state index in [2.05, 4.69) is 37.1 Å². The van der Waals surface area contributed by atoms with Gasteiger partial charge in [-0.3, -0.25) is 24.0 Å². The number of nitrogens with one attached hydrogen (secondary N) is 1. The normalized spacial score (nSPS) is 16.9. The molecule has 4 atom stereocenters. The lowest BCUT2D eigenvalue weighted by atomic mass is 9.88. The lowest BCUT2D eigenvalue weighted by molar-refractivity contribution is -0.142. The summed E-state index contributed by atoms with van der Waals surface area (Å²) in [6.45, 7) is 12.8. The molecule has 66 heavy (non-hydrogen) atoms. The summed E-state index contributed by atoms with van der Waals surface area (Å²) in [4.78, 5) is 81.9. The van der Waals surface area contributed by atoms with Crippen LogP contribution in [0.2, 0.25) is 19.6 Å². The first kappa shape index (κ1) is 50.9. The number of aromatic nitrogens is 2. The minimum atomic E-state index is -1.52. The Bertz CT molecular complexity index is 2440. The zero-order valence-corrected chi connectivity index (χ0v) is 40.2. The monoisotopic (exact) mass is 916 g/mol.